The van der Waals surface area contributed by atoms with Crippen molar-refractivity contribution in [2.75, 3.05) is 11.9 Å². The lowest BCUT2D eigenvalue weighted by Gasteiger charge is -2.10. The molecule has 2 amide bonds. The molecule has 0 aliphatic carbocycles. The summed E-state index contributed by atoms with van der Waals surface area (Å²) in [4.78, 5) is 24.5. The summed E-state index contributed by atoms with van der Waals surface area (Å²) in [6, 6.07) is 15.3. The Bertz CT molecular complexity index is 1090. The fourth-order valence-electron chi connectivity index (χ4n) is 3.14. The van der Waals surface area contributed by atoms with Crippen molar-refractivity contribution in [3.8, 4) is 5.69 Å². The van der Waals surface area contributed by atoms with E-state index in [9.17, 15) is 22.8 Å². The molecule has 3 aromatic rings. The molecule has 3 rings (SSSR count). The highest BCUT2D eigenvalue weighted by Gasteiger charge is 2.28. The third-order valence-corrected chi connectivity index (χ3v) is 4.64. The first kappa shape index (κ1) is 22.1. The van der Waals surface area contributed by atoms with Crippen LogP contribution in [0.25, 0.3) is 5.69 Å². The van der Waals surface area contributed by atoms with Crippen LogP contribution in [0, 0.1) is 13.8 Å². The molecule has 6 nitrogen and oxygen atoms in total. The summed E-state index contributed by atoms with van der Waals surface area (Å²) in [6.07, 6.45) is -4.43. The van der Waals surface area contributed by atoms with Crippen LogP contribution >= 0.6 is 0 Å². The number of hydrogen-bond donors (Lipinski definition) is 2. The number of carbonyl (C=O) groups excluding carboxylic acids is 2. The SMILES string of the molecule is Cc1nn(-c2ccccc2)c(C)c1CC(=O)Nc1cccc(C(=O)NCC(F)(F)F)c1. The predicted octanol–water partition coefficient (Wildman–Crippen LogP) is 3.96. The van der Waals surface area contributed by atoms with Gasteiger partial charge in [0.05, 0.1) is 17.8 Å². The highest BCUT2D eigenvalue weighted by Crippen LogP contribution is 2.19. The number of carbonyl (C=O) groups is 2. The summed E-state index contributed by atoms with van der Waals surface area (Å²) in [7, 11) is 0. The number of aryl methyl sites for hydroxylation is 1. The van der Waals surface area contributed by atoms with Crippen LogP contribution in [0.15, 0.2) is 54.6 Å². The van der Waals surface area contributed by atoms with Gasteiger partial charge in [-0.25, -0.2) is 4.68 Å². The van der Waals surface area contributed by atoms with E-state index in [1.807, 2.05) is 44.2 Å². The van der Waals surface area contributed by atoms with Crippen molar-refractivity contribution >= 4 is 17.5 Å². The van der Waals surface area contributed by atoms with Gasteiger partial charge in [0.1, 0.15) is 6.54 Å². The molecule has 0 spiro atoms. The molecular formula is C22H21F3N4O2. The molecule has 0 saturated heterocycles. The zero-order valence-corrected chi connectivity index (χ0v) is 17.0. The second-order valence-electron chi connectivity index (χ2n) is 7.00. The summed E-state index contributed by atoms with van der Waals surface area (Å²) < 4.78 is 38.6. The van der Waals surface area contributed by atoms with Crippen LogP contribution in [0.4, 0.5) is 18.9 Å². The van der Waals surface area contributed by atoms with Gasteiger partial charge in [-0.2, -0.15) is 18.3 Å². The average Bonchev–Trinajstić information content (AvgIpc) is 3.00. The van der Waals surface area contributed by atoms with Crippen molar-refractivity contribution in [3.05, 3.63) is 77.1 Å². The van der Waals surface area contributed by atoms with Crippen molar-refractivity contribution in [1.82, 2.24) is 15.1 Å². The molecule has 0 aliphatic rings. The number of nitrogens with zero attached hydrogens (tertiary/aromatic N) is 2. The third-order valence-electron chi connectivity index (χ3n) is 4.64. The van der Waals surface area contributed by atoms with E-state index in [0.717, 1.165) is 22.6 Å². The molecule has 1 aromatic heterocycles. The molecule has 1 heterocycles. The molecule has 0 aliphatic heterocycles. The van der Waals surface area contributed by atoms with Gasteiger partial charge in [-0.15, -0.1) is 0 Å². The molecular weight excluding hydrogens is 409 g/mol. The van der Waals surface area contributed by atoms with Crippen LogP contribution in [0.5, 0.6) is 0 Å². The Morgan fingerprint density at radius 3 is 2.42 bits per heavy atom. The second kappa shape index (κ2) is 9.03. The number of alkyl halides is 3. The van der Waals surface area contributed by atoms with Crippen molar-refractivity contribution in [3.63, 3.8) is 0 Å². The first-order chi connectivity index (χ1) is 14.6. The van der Waals surface area contributed by atoms with Crippen molar-refractivity contribution < 1.29 is 22.8 Å². The van der Waals surface area contributed by atoms with Crippen molar-refractivity contribution in [2.45, 2.75) is 26.4 Å². The summed E-state index contributed by atoms with van der Waals surface area (Å²) >= 11 is 0. The van der Waals surface area contributed by atoms with Crippen LogP contribution in [0.1, 0.15) is 27.3 Å². The maximum Gasteiger partial charge on any atom is 0.405 e. The molecule has 0 radical (unpaired) electrons. The van der Waals surface area contributed by atoms with Crippen LogP contribution in [0.2, 0.25) is 0 Å². The van der Waals surface area contributed by atoms with Gasteiger partial charge in [0, 0.05) is 22.5 Å². The van der Waals surface area contributed by atoms with Crippen LogP contribution in [-0.4, -0.2) is 34.3 Å². The van der Waals surface area contributed by atoms with E-state index in [0.29, 0.717) is 5.69 Å². The highest BCUT2D eigenvalue weighted by atomic mass is 19.4. The number of halogens is 3. The summed E-state index contributed by atoms with van der Waals surface area (Å²) in [5.74, 6) is -1.20. The molecule has 0 atom stereocenters. The van der Waals surface area contributed by atoms with E-state index >= 15 is 0 Å². The lowest BCUT2D eigenvalue weighted by molar-refractivity contribution is -0.123. The normalized spacial score (nSPS) is 11.3. The zero-order valence-electron chi connectivity index (χ0n) is 17.0. The smallest absolute Gasteiger partial charge is 0.343 e. The molecule has 0 fully saturated rings. The Morgan fingerprint density at radius 1 is 1.03 bits per heavy atom. The van der Waals surface area contributed by atoms with E-state index in [1.54, 1.807) is 16.1 Å². The topological polar surface area (TPSA) is 76.0 Å². The number of para-hydroxylation sites is 1. The van der Waals surface area contributed by atoms with E-state index in [4.69, 9.17) is 0 Å². The van der Waals surface area contributed by atoms with Gasteiger partial charge in [0.15, 0.2) is 0 Å². The maximum atomic E-state index is 12.6. The lowest BCUT2D eigenvalue weighted by atomic mass is 10.1. The molecule has 162 valence electrons. The monoisotopic (exact) mass is 430 g/mol. The number of rotatable bonds is 6. The number of hydrogen-bond acceptors (Lipinski definition) is 3. The molecule has 0 bridgehead atoms. The second-order valence-corrected chi connectivity index (χ2v) is 7.00. The Balaban J connectivity index is 1.69. The summed E-state index contributed by atoms with van der Waals surface area (Å²) in [6.45, 7) is 2.27. The number of benzene rings is 2. The molecule has 2 N–H and O–H groups in total. The average molecular weight is 430 g/mol. The minimum absolute atomic E-state index is 0.0197. The number of amides is 2. The molecule has 31 heavy (non-hydrogen) atoms. The first-order valence-corrected chi connectivity index (χ1v) is 9.49. The third kappa shape index (κ3) is 5.71. The minimum atomic E-state index is -4.50. The Hall–Kier alpha value is -3.62. The zero-order chi connectivity index (χ0) is 22.6. The molecule has 0 saturated carbocycles. The van der Waals surface area contributed by atoms with Gasteiger partial charge in [-0.05, 0) is 44.2 Å². The summed E-state index contributed by atoms with van der Waals surface area (Å²) in [5.41, 5.74) is 3.55. The Kier molecular flexibility index (Phi) is 6.43. The highest BCUT2D eigenvalue weighted by molar-refractivity contribution is 5.97. The molecule has 9 heteroatoms. The van der Waals surface area contributed by atoms with Gasteiger partial charge < -0.3 is 10.6 Å². The van der Waals surface area contributed by atoms with Crippen molar-refractivity contribution in [1.29, 1.82) is 0 Å². The van der Waals surface area contributed by atoms with Crippen LogP contribution < -0.4 is 10.6 Å². The number of anilines is 1. The first-order valence-electron chi connectivity index (χ1n) is 9.49. The standard InChI is InChI=1S/C22H21F3N4O2/c1-14-19(15(2)29(28-14)18-9-4-3-5-10-18)12-20(30)27-17-8-6-7-16(11-17)21(31)26-13-22(23,24)25/h3-11H,12-13H2,1-2H3,(H,26,31)(H,27,30). The number of aromatic nitrogens is 2. The summed E-state index contributed by atoms with van der Waals surface area (Å²) in [5, 5.41) is 9.00. The van der Waals surface area contributed by atoms with Crippen molar-refractivity contribution in [2.24, 2.45) is 0 Å². The predicted molar refractivity (Wildman–Crippen MR) is 110 cm³/mol. The minimum Gasteiger partial charge on any atom is -0.343 e. The molecule has 2 aromatic carbocycles. The lowest BCUT2D eigenvalue weighted by Crippen LogP contribution is -2.33. The fourth-order valence-corrected chi connectivity index (χ4v) is 3.14. The van der Waals surface area contributed by atoms with Crippen LogP contribution in [0.3, 0.4) is 0 Å². The van der Waals surface area contributed by atoms with E-state index in [2.05, 4.69) is 10.4 Å². The van der Waals surface area contributed by atoms with Crippen LogP contribution in [-0.2, 0) is 11.2 Å². The van der Waals surface area contributed by atoms with Gasteiger partial charge in [-0.1, -0.05) is 24.3 Å². The van der Waals surface area contributed by atoms with Gasteiger partial charge in [0.25, 0.3) is 5.91 Å². The van der Waals surface area contributed by atoms with Gasteiger partial charge in [-0.3, -0.25) is 9.59 Å². The number of nitrogens with one attached hydrogen (secondary N) is 2. The van der Waals surface area contributed by atoms with E-state index in [1.165, 1.54) is 18.2 Å². The van der Waals surface area contributed by atoms with Gasteiger partial charge in [0.2, 0.25) is 5.91 Å². The fraction of sp³-hybridized carbons (Fsp3) is 0.227. The van der Waals surface area contributed by atoms with E-state index in [-0.39, 0.29) is 17.9 Å². The molecule has 0 unspecified atom stereocenters. The Morgan fingerprint density at radius 2 is 1.74 bits per heavy atom. The Labute approximate surface area is 177 Å². The largest absolute Gasteiger partial charge is 0.405 e. The van der Waals surface area contributed by atoms with Gasteiger partial charge >= 0.3 is 6.18 Å². The maximum absolute atomic E-state index is 12.6. The van der Waals surface area contributed by atoms with E-state index < -0.39 is 18.6 Å². The quantitative estimate of drug-likeness (QED) is 0.622.